The second kappa shape index (κ2) is 8.49. The van der Waals surface area contributed by atoms with E-state index < -0.39 is 10.0 Å². The number of carbonyl (C=O) groups is 1. The number of carbonyl (C=O) groups excluding carboxylic acids is 1. The van der Waals surface area contributed by atoms with Crippen LogP contribution in [-0.2, 0) is 21.2 Å². The Kier molecular flexibility index (Phi) is 5.92. The number of aryl methyl sites for hydroxylation is 1. The van der Waals surface area contributed by atoms with Crippen LogP contribution in [0.25, 0.3) is 11.3 Å². The van der Waals surface area contributed by atoms with Gasteiger partial charge < -0.3 is 5.32 Å². The van der Waals surface area contributed by atoms with E-state index >= 15 is 0 Å². The van der Waals surface area contributed by atoms with Crippen molar-refractivity contribution >= 4 is 50.7 Å². The van der Waals surface area contributed by atoms with Crippen molar-refractivity contribution in [1.29, 1.82) is 0 Å². The van der Waals surface area contributed by atoms with E-state index in [1.165, 1.54) is 17.5 Å². The van der Waals surface area contributed by atoms with E-state index in [-0.39, 0.29) is 22.2 Å². The Morgan fingerprint density at radius 2 is 2.00 bits per heavy atom. The summed E-state index contributed by atoms with van der Waals surface area (Å²) in [7, 11) is -2.29. The minimum Gasteiger partial charge on any atom is -0.325 e. The molecule has 0 bridgehead atoms. The van der Waals surface area contributed by atoms with E-state index in [9.17, 15) is 13.2 Å². The molecule has 0 atom stereocenters. The molecule has 160 valence electrons. The fourth-order valence-electron chi connectivity index (χ4n) is 3.32. The van der Waals surface area contributed by atoms with E-state index in [0.717, 1.165) is 29.4 Å². The number of hydrogen-bond acceptors (Lipinski definition) is 6. The fraction of sp³-hybridized carbons (Fsp3) is 0.190. The Morgan fingerprint density at radius 3 is 2.77 bits per heavy atom. The molecule has 0 saturated carbocycles. The smallest absolute Gasteiger partial charge is 0.267 e. The number of hydrogen-bond donors (Lipinski definition) is 1. The number of amides is 1. The molecule has 3 aromatic rings. The molecule has 2 heterocycles. The number of halogens is 1. The average molecular weight is 475 g/mol. The number of para-hydroxylation sites is 1. The van der Waals surface area contributed by atoms with Crippen molar-refractivity contribution in [2.24, 2.45) is 0 Å². The largest absolute Gasteiger partial charge is 0.325 e. The number of rotatable bonds is 5. The third-order valence-corrected chi connectivity index (χ3v) is 7.80. The predicted molar refractivity (Wildman–Crippen MR) is 123 cm³/mol. The molecule has 0 saturated heterocycles. The molecule has 1 amide bonds. The van der Waals surface area contributed by atoms with Crippen LogP contribution in [0.2, 0.25) is 5.02 Å². The number of fused-ring (bicyclic) bond motifs is 3. The van der Waals surface area contributed by atoms with E-state index in [4.69, 9.17) is 11.6 Å². The van der Waals surface area contributed by atoms with E-state index in [1.807, 2.05) is 31.2 Å². The molecule has 4 rings (SSSR count). The van der Waals surface area contributed by atoms with Gasteiger partial charge in [0.1, 0.15) is 4.90 Å². The van der Waals surface area contributed by atoms with Gasteiger partial charge in [0.05, 0.1) is 23.3 Å². The normalized spacial score (nSPS) is 14.0. The summed E-state index contributed by atoms with van der Waals surface area (Å²) in [6, 6.07) is 12.6. The zero-order valence-electron chi connectivity index (χ0n) is 16.8. The highest BCUT2D eigenvalue weighted by atomic mass is 35.5. The Labute approximate surface area is 189 Å². The summed E-state index contributed by atoms with van der Waals surface area (Å²) in [5.74, 6) is -0.102. The van der Waals surface area contributed by atoms with Crippen molar-refractivity contribution in [3.05, 3.63) is 59.2 Å². The summed E-state index contributed by atoms with van der Waals surface area (Å²) in [5, 5.41) is 3.68. The summed E-state index contributed by atoms with van der Waals surface area (Å²) in [6.07, 6.45) is 2.09. The highest BCUT2D eigenvalue weighted by Gasteiger charge is 2.34. The molecule has 0 radical (unpaired) electrons. The lowest BCUT2D eigenvalue weighted by Crippen LogP contribution is -2.31. The van der Waals surface area contributed by atoms with Gasteiger partial charge in [0.25, 0.3) is 10.0 Å². The van der Waals surface area contributed by atoms with Crippen LogP contribution in [0.3, 0.4) is 0 Å². The molecule has 0 unspecified atom stereocenters. The monoisotopic (exact) mass is 474 g/mol. The van der Waals surface area contributed by atoms with Gasteiger partial charge in [-0.15, -0.1) is 0 Å². The topological polar surface area (TPSA) is 92.3 Å². The zero-order valence-corrected chi connectivity index (χ0v) is 19.2. The number of thioether (sulfide) groups is 1. The first kappa shape index (κ1) is 21.6. The van der Waals surface area contributed by atoms with Gasteiger partial charge in [-0.05, 0) is 36.2 Å². The lowest BCUT2D eigenvalue weighted by molar-refractivity contribution is -0.113. The van der Waals surface area contributed by atoms with Crippen molar-refractivity contribution in [3.63, 3.8) is 0 Å². The SMILES string of the molecule is CCc1ccccc1NC(=O)CSc1ncc2c(n1)-c1cc(Cl)ccc1N(C)S2(=O)=O. The van der Waals surface area contributed by atoms with E-state index in [1.54, 1.807) is 18.2 Å². The van der Waals surface area contributed by atoms with Crippen LogP contribution in [0.4, 0.5) is 11.4 Å². The summed E-state index contributed by atoms with van der Waals surface area (Å²) < 4.78 is 26.9. The minimum absolute atomic E-state index is 0.00967. The van der Waals surface area contributed by atoms with Crippen molar-refractivity contribution in [2.45, 2.75) is 23.4 Å². The highest BCUT2D eigenvalue weighted by Crippen LogP contribution is 2.42. The maximum Gasteiger partial charge on any atom is 0.267 e. The Morgan fingerprint density at radius 1 is 1.23 bits per heavy atom. The summed E-state index contributed by atoms with van der Waals surface area (Å²) in [4.78, 5) is 21.0. The second-order valence-electron chi connectivity index (χ2n) is 6.85. The van der Waals surface area contributed by atoms with Crippen LogP contribution in [-0.4, -0.2) is 37.1 Å². The second-order valence-corrected chi connectivity index (χ2v) is 10.2. The quantitative estimate of drug-likeness (QED) is 0.439. The number of sulfonamides is 1. The van der Waals surface area contributed by atoms with Gasteiger partial charge >= 0.3 is 0 Å². The molecule has 0 aliphatic carbocycles. The van der Waals surface area contributed by atoms with Crippen LogP contribution < -0.4 is 9.62 Å². The minimum atomic E-state index is -3.77. The van der Waals surface area contributed by atoms with Crippen LogP contribution in [0.5, 0.6) is 0 Å². The first-order valence-corrected chi connectivity index (χ1v) is 12.3. The third-order valence-electron chi connectivity index (χ3n) is 4.93. The molecule has 1 aliphatic heterocycles. The van der Waals surface area contributed by atoms with Crippen LogP contribution in [0.15, 0.2) is 58.7 Å². The standard InChI is InChI=1S/C21H19ClN4O3S2/c1-3-13-6-4-5-7-16(13)24-19(27)12-30-21-23-11-18-20(25-21)15-10-14(22)8-9-17(15)26(2)31(18,28)29/h4-11H,3,12H2,1-2H3,(H,24,27). The lowest BCUT2D eigenvalue weighted by atomic mass is 10.1. The molecule has 31 heavy (non-hydrogen) atoms. The first-order chi connectivity index (χ1) is 14.8. The molecular weight excluding hydrogens is 456 g/mol. The third kappa shape index (κ3) is 4.13. The molecule has 0 spiro atoms. The molecule has 1 N–H and O–H groups in total. The van der Waals surface area contributed by atoms with E-state index in [2.05, 4.69) is 15.3 Å². The van der Waals surface area contributed by atoms with Crippen molar-refractivity contribution in [1.82, 2.24) is 9.97 Å². The molecule has 0 fully saturated rings. The number of aromatic nitrogens is 2. The molecule has 1 aromatic heterocycles. The van der Waals surface area contributed by atoms with Gasteiger partial charge in [0, 0.05) is 23.3 Å². The average Bonchev–Trinajstić information content (AvgIpc) is 2.76. The summed E-state index contributed by atoms with van der Waals surface area (Å²) in [5.41, 5.74) is 3.20. The van der Waals surface area contributed by atoms with Crippen LogP contribution in [0, 0.1) is 0 Å². The first-order valence-electron chi connectivity index (χ1n) is 9.47. The maximum absolute atomic E-state index is 12.8. The van der Waals surface area contributed by atoms with Crippen molar-refractivity contribution < 1.29 is 13.2 Å². The van der Waals surface area contributed by atoms with Crippen molar-refractivity contribution in [3.8, 4) is 11.3 Å². The molecule has 2 aromatic carbocycles. The van der Waals surface area contributed by atoms with Gasteiger partial charge in [-0.2, -0.15) is 0 Å². The lowest BCUT2D eigenvalue weighted by Gasteiger charge is -2.28. The Hall–Kier alpha value is -2.62. The Balaban J connectivity index is 1.59. The molecule has 1 aliphatic rings. The van der Waals surface area contributed by atoms with Gasteiger partial charge in [0.2, 0.25) is 5.91 Å². The maximum atomic E-state index is 12.8. The number of anilines is 2. The zero-order chi connectivity index (χ0) is 22.2. The number of benzene rings is 2. The van der Waals surface area contributed by atoms with Gasteiger partial charge in [-0.1, -0.05) is 48.5 Å². The number of nitrogens with zero attached hydrogens (tertiary/aromatic N) is 3. The highest BCUT2D eigenvalue weighted by molar-refractivity contribution is 7.99. The van der Waals surface area contributed by atoms with Crippen molar-refractivity contribution in [2.75, 3.05) is 22.4 Å². The number of nitrogens with one attached hydrogen (secondary N) is 1. The summed E-state index contributed by atoms with van der Waals surface area (Å²) >= 11 is 7.27. The molecule has 10 heteroatoms. The van der Waals surface area contributed by atoms with Gasteiger partial charge in [-0.3, -0.25) is 9.10 Å². The summed E-state index contributed by atoms with van der Waals surface area (Å²) in [6.45, 7) is 2.02. The van der Waals surface area contributed by atoms with Crippen LogP contribution in [0.1, 0.15) is 12.5 Å². The fourth-order valence-corrected chi connectivity index (χ4v) is 5.41. The predicted octanol–water partition coefficient (Wildman–Crippen LogP) is 4.23. The van der Waals surface area contributed by atoms with Gasteiger partial charge in [0.15, 0.2) is 5.16 Å². The molecular formula is C21H19ClN4O3S2. The van der Waals surface area contributed by atoms with E-state index in [0.29, 0.717) is 21.4 Å². The Bertz CT molecular complexity index is 1280. The van der Waals surface area contributed by atoms with Crippen LogP contribution >= 0.6 is 23.4 Å². The molecule has 7 nitrogen and oxygen atoms in total. The van der Waals surface area contributed by atoms with Gasteiger partial charge in [-0.25, -0.2) is 18.4 Å².